The van der Waals surface area contributed by atoms with Crippen molar-refractivity contribution in [3.05, 3.63) is 93.6 Å². The van der Waals surface area contributed by atoms with E-state index in [1.54, 1.807) is 11.9 Å². The van der Waals surface area contributed by atoms with Crippen molar-refractivity contribution in [2.45, 2.75) is 31.3 Å². The summed E-state index contributed by atoms with van der Waals surface area (Å²) in [4.78, 5) is 30.5. The van der Waals surface area contributed by atoms with E-state index in [9.17, 15) is 9.59 Å². The van der Waals surface area contributed by atoms with Crippen LogP contribution in [-0.2, 0) is 17.6 Å². The van der Waals surface area contributed by atoms with E-state index < -0.39 is 11.9 Å². The van der Waals surface area contributed by atoms with Crippen LogP contribution in [0.2, 0.25) is 5.02 Å². The SMILES string of the molecule is CN1CC[C@@H](NC(=O)c2cnc(NNC(=S)NC3c4ccccc4CCc4ccccc43)c(Cl)c2)C1=O. The van der Waals surface area contributed by atoms with E-state index in [-0.39, 0.29) is 22.5 Å². The third-order valence-corrected chi connectivity index (χ3v) is 7.31. The number of carbonyl (C=O) groups is 2. The molecule has 10 heteroatoms. The standard InChI is InChI=1S/C27H27ClN6O2S/c1-34-13-12-22(26(34)36)30-25(35)18-14-21(28)24(29-15-18)32-33-27(37)31-23-19-8-4-2-6-16(19)10-11-17-7-3-5-9-20(17)23/h2-9,14-15,22-23H,10-13H2,1H3,(H,29,32)(H,30,35)(H2,31,33,37)/t22-/m1/s1. The number of amides is 2. The van der Waals surface area contributed by atoms with Crippen LogP contribution in [-0.4, -0.2) is 46.4 Å². The summed E-state index contributed by atoms with van der Waals surface area (Å²) >= 11 is 12.0. The summed E-state index contributed by atoms with van der Waals surface area (Å²) in [6, 6.07) is 17.6. The molecule has 37 heavy (non-hydrogen) atoms. The van der Waals surface area contributed by atoms with Gasteiger partial charge in [-0.05, 0) is 59.8 Å². The number of thiocarbonyl (C=S) groups is 1. The van der Waals surface area contributed by atoms with Crippen LogP contribution in [0.25, 0.3) is 0 Å². The monoisotopic (exact) mass is 534 g/mol. The van der Waals surface area contributed by atoms with Crippen molar-refractivity contribution in [3.63, 3.8) is 0 Å². The zero-order valence-corrected chi connectivity index (χ0v) is 21.8. The maximum Gasteiger partial charge on any atom is 0.253 e. The number of pyridine rings is 1. The molecule has 0 bridgehead atoms. The number of hydrogen-bond donors (Lipinski definition) is 4. The number of aromatic nitrogens is 1. The molecular weight excluding hydrogens is 508 g/mol. The van der Waals surface area contributed by atoms with E-state index in [0.717, 1.165) is 12.8 Å². The number of halogens is 1. The van der Waals surface area contributed by atoms with Gasteiger partial charge in [-0.3, -0.25) is 20.4 Å². The molecule has 4 N–H and O–H groups in total. The van der Waals surface area contributed by atoms with Gasteiger partial charge in [0.15, 0.2) is 10.9 Å². The molecule has 5 rings (SSSR count). The maximum absolute atomic E-state index is 12.6. The van der Waals surface area contributed by atoms with Crippen molar-refractivity contribution in [2.24, 2.45) is 0 Å². The molecule has 0 radical (unpaired) electrons. The van der Waals surface area contributed by atoms with Crippen molar-refractivity contribution in [1.82, 2.24) is 25.9 Å². The molecule has 1 aliphatic heterocycles. The molecule has 1 saturated heterocycles. The van der Waals surface area contributed by atoms with Crippen LogP contribution >= 0.6 is 23.8 Å². The fourth-order valence-electron chi connectivity index (χ4n) is 4.81. The Morgan fingerprint density at radius 1 is 1.05 bits per heavy atom. The normalized spacial score (nSPS) is 16.9. The van der Waals surface area contributed by atoms with Gasteiger partial charge in [0.05, 0.1) is 16.6 Å². The summed E-state index contributed by atoms with van der Waals surface area (Å²) in [5, 5.41) is 6.78. The van der Waals surface area contributed by atoms with E-state index in [4.69, 9.17) is 23.8 Å². The van der Waals surface area contributed by atoms with Gasteiger partial charge in [0, 0.05) is 19.8 Å². The molecule has 0 saturated carbocycles. The molecule has 8 nitrogen and oxygen atoms in total. The van der Waals surface area contributed by atoms with Crippen molar-refractivity contribution < 1.29 is 9.59 Å². The molecular formula is C27H27ClN6O2S. The number of anilines is 1. The van der Waals surface area contributed by atoms with Crippen LogP contribution < -0.4 is 21.5 Å². The molecule has 1 aromatic heterocycles. The summed E-state index contributed by atoms with van der Waals surface area (Å²) in [5.74, 6) is -0.180. The lowest BCUT2D eigenvalue weighted by Gasteiger charge is -2.24. The molecule has 1 fully saturated rings. The van der Waals surface area contributed by atoms with Gasteiger partial charge < -0.3 is 15.5 Å². The Kier molecular flexibility index (Phi) is 7.25. The Morgan fingerprint density at radius 2 is 1.70 bits per heavy atom. The smallest absolute Gasteiger partial charge is 0.253 e. The molecule has 0 unspecified atom stereocenters. The molecule has 0 spiro atoms. The molecule has 190 valence electrons. The van der Waals surface area contributed by atoms with Crippen molar-refractivity contribution in [1.29, 1.82) is 0 Å². The third-order valence-electron chi connectivity index (χ3n) is 6.80. The zero-order valence-electron chi connectivity index (χ0n) is 20.3. The first-order valence-electron chi connectivity index (χ1n) is 12.1. The lowest BCUT2D eigenvalue weighted by atomic mass is 9.95. The van der Waals surface area contributed by atoms with Crippen LogP contribution in [0.5, 0.6) is 0 Å². The Hall–Kier alpha value is -3.69. The maximum atomic E-state index is 12.6. The average Bonchev–Trinajstić information content (AvgIpc) is 3.13. The Balaban J connectivity index is 1.24. The minimum absolute atomic E-state index is 0.102. The number of likely N-dealkylation sites (tertiary alicyclic amines) is 1. The number of rotatable bonds is 5. The predicted molar refractivity (Wildman–Crippen MR) is 147 cm³/mol. The molecule has 2 heterocycles. The van der Waals surface area contributed by atoms with E-state index >= 15 is 0 Å². The van der Waals surface area contributed by atoms with Crippen molar-refractivity contribution >= 4 is 46.6 Å². The second kappa shape index (κ2) is 10.7. The first-order valence-corrected chi connectivity index (χ1v) is 12.9. The number of benzene rings is 2. The lowest BCUT2D eigenvalue weighted by Crippen LogP contribution is -2.41. The highest BCUT2D eigenvalue weighted by molar-refractivity contribution is 7.80. The molecule has 1 aliphatic carbocycles. The van der Waals surface area contributed by atoms with Crippen LogP contribution in [0.15, 0.2) is 60.8 Å². The molecule has 2 aliphatic rings. The Bertz CT molecular complexity index is 1320. The minimum Gasteiger partial charge on any atom is -0.350 e. The summed E-state index contributed by atoms with van der Waals surface area (Å²) in [7, 11) is 1.72. The highest BCUT2D eigenvalue weighted by atomic mass is 35.5. The highest BCUT2D eigenvalue weighted by Crippen LogP contribution is 2.32. The van der Waals surface area contributed by atoms with Crippen LogP contribution in [0.4, 0.5) is 5.82 Å². The number of hydrogen-bond acceptors (Lipinski definition) is 5. The fraction of sp³-hybridized carbons (Fsp3) is 0.259. The number of nitrogens with zero attached hydrogens (tertiary/aromatic N) is 2. The van der Waals surface area contributed by atoms with Gasteiger partial charge in [0.1, 0.15) is 6.04 Å². The Morgan fingerprint density at radius 3 is 2.30 bits per heavy atom. The summed E-state index contributed by atoms with van der Waals surface area (Å²) in [6.45, 7) is 0.614. The lowest BCUT2D eigenvalue weighted by molar-refractivity contribution is -0.128. The Labute approximate surface area is 225 Å². The minimum atomic E-state index is -0.529. The van der Waals surface area contributed by atoms with Crippen molar-refractivity contribution in [3.8, 4) is 0 Å². The van der Waals surface area contributed by atoms with E-state index in [0.29, 0.717) is 23.9 Å². The van der Waals surface area contributed by atoms with Crippen LogP contribution in [0.1, 0.15) is 45.1 Å². The van der Waals surface area contributed by atoms with E-state index in [2.05, 4.69) is 62.9 Å². The number of carbonyl (C=O) groups excluding carboxylic acids is 2. The van der Waals surface area contributed by atoms with E-state index in [1.807, 2.05) is 12.1 Å². The van der Waals surface area contributed by atoms with Gasteiger partial charge in [-0.15, -0.1) is 0 Å². The molecule has 2 amide bonds. The van der Waals surface area contributed by atoms with Gasteiger partial charge >= 0.3 is 0 Å². The summed E-state index contributed by atoms with van der Waals surface area (Å²) in [6.07, 6.45) is 3.92. The predicted octanol–water partition coefficient (Wildman–Crippen LogP) is 3.37. The highest BCUT2D eigenvalue weighted by Gasteiger charge is 2.30. The molecule has 3 aromatic rings. The van der Waals surface area contributed by atoms with Gasteiger partial charge in [0.2, 0.25) is 5.91 Å². The zero-order chi connectivity index (χ0) is 25.9. The average molecular weight is 535 g/mol. The van der Waals surface area contributed by atoms with Crippen molar-refractivity contribution in [2.75, 3.05) is 19.0 Å². The fourth-order valence-corrected chi connectivity index (χ4v) is 5.20. The number of nitrogens with one attached hydrogen (secondary N) is 4. The quantitative estimate of drug-likeness (QED) is 0.294. The second-order valence-corrected chi connectivity index (χ2v) is 10.00. The number of fused-ring (bicyclic) bond motifs is 2. The summed E-state index contributed by atoms with van der Waals surface area (Å²) < 4.78 is 0. The van der Waals surface area contributed by atoms with Gasteiger partial charge in [-0.1, -0.05) is 60.1 Å². The number of likely N-dealkylation sites (N-methyl/N-ethyl adjacent to an activating group) is 1. The number of aryl methyl sites for hydroxylation is 2. The first kappa shape index (κ1) is 25.0. The topological polar surface area (TPSA) is 98.4 Å². The second-order valence-electron chi connectivity index (χ2n) is 9.18. The number of hydrazine groups is 1. The van der Waals surface area contributed by atoms with Gasteiger partial charge in [0.25, 0.3) is 5.91 Å². The van der Waals surface area contributed by atoms with Gasteiger partial charge in [-0.25, -0.2) is 4.98 Å². The third kappa shape index (κ3) is 5.38. The largest absolute Gasteiger partial charge is 0.350 e. The van der Waals surface area contributed by atoms with Crippen LogP contribution in [0, 0.1) is 0 Å². The van der Waals surface area contributed by atoms with E-state index in [1.165, 1.54) is 34.5 Å². The summed E-state index contributed by atoms with van der Waals surface area (Å²) in [5.41, 5.74) is 11.1. The molecule has 1 atom stereocenters. The van der Waals surface area contributed by atoms with Gasteiger partial charge in [-0.2, -0.15) is 0 Å². The molecule has 2 aromatic carbocycles. The van der Waals surface area contributed by atoms with Crippen LogP contribution in [0.3, 0.4) is 0 Å². The first-order chi connectivity index (χ1) is 17.9.